The van der Waals surface area contributed by atoms with Crippen molar-refractivity contribution >= 4 is 15.7 Å². The van der Waals surface area contributed by atoms with Gasteiger partial charge in [-0.2, -0.15) is 0 Å². The highest BCUT2D eigenvalue weighted by atomic mass is 32.2. The molecule has 20 heavy (non-hydrogen) atoms. The summed E-state index contributed by atoms with van der Waals surface area (Å²) in [6, 6.07) is 4.78. The van der Waals surface area contributed by atoms with Gasteiger partial charge in [-0.05, 0) is 5.56 Å². The minimum absolute atomic E-state index is 0.188. The third-order valence-corrected chi connectivity index (χ3v) is 3.63. The SMILES string of the molecule is O=[N+]([O-])c1ccc(CS(=O)(=O)NCC(O)C(F)F)cc1. The summed E-state index contributed by atoms with van der Waals surface area (Å²) in [5.74, 6) is -0.527. The lowest BCUT2D eigenvalue weighted by atomic mass is 10.2. The van der Waals surface area contributed by atoms with Gasteiger partial charge >= 0.3 is 0 Å². The third-order valence-electron chi connectivity index (χ3n) is 2.31. The van der Waals surface area contributed by atoms with Gasteiger partial charge in [-0.25, -0.2) is 21.9 Å². The Labute approximate surface area is 113 Å². The molecule has 1 aromatic rings. The highest BCUT2D eigenvalue weighted by molar-refractivity contribution is 7.88. The Morgan fingerprint density at radius 2 is 1.85 bits per heavy atom. The number of nitro benzene ring substituents is 1. The zero-order chi connectivity index (χ0) is 15.3. The highest BCUT2D eigenvalue weighted by Gasteiger charge is 2.20. The molecule has 7 nitrogen and oxygen atoms in total. The molecule has 1 rings (SSSR count). The normalized spacial score (nSPS) is 13.4. The van der Waals surface area contributed by atoms with E-state index in [9.17, 15) is 27.3 Å². The topological polar surface area (TPSA) is 110 Å². The summed E-state index contributed by atoms with van der Waals surface area (Å²) in [7, 11) is -3.91. The van der Waals surface area contributed by atoms with Crippen LogP contribution in [0.1, 0.15) is 5.56 Å². The van der Waals surface area contributed by atoms with Crippen molar-refractivity contribution in [1.29, 1.82) is 0 Å². The molecule has 0 spiro atoms. The quantitative estimate of drug-likeness (QED) is 0.567. The Morgan fingerprint density at radius 3 is 2.30 bits per heavy atom. The van der Waals surface area contributed by atoms with Gasteiger partial charge in [-0.1, -0.05) is 12.1 Å². The summed E-state index contributed by atoms with van der Waals surface area (Å²) in [5.41, 5.74) is 0.0712. The fourth-order valence-corrected chi connectivity index (χ4v) is 2.44. The Hall–Kier alpha value is -1.65. The number of nitro groups is 1. The summed E-state index contributed by atoms with van der Waals surface area (Å²) in [5, 5.41) is 19.2. The third kappa shape index (κ3) is 5.15. The van der Waals surface area contributed by atoms with Crippen LogP contribution in [-0.4, -0.2) is 37.5 Å². The number of aliphatic hydroxyl groups is 1. The van der Waals surface area contributed by atoms with Crippen LogP contribution < -0.4 is 4.72 Å². The van der Waals surface area contributed by atoms with Crippen molar-refractivity contribution in [2.45, 2.75) is 18.3 Å². The molecule has 10 heteroatoms. The molecule has 0 heterocycles. The molecule has 0 bridgehead atoms. The van der Waals surface area contributed by atoms with Crippen LogP contribution in [0.25, 0.3) is 0 Å². The van der Waals surface area contributed by atoms with E-state index >= 15 is 0 Å². The van der Waals surface area contributed by atoms with Crippen LogP contribution >= 0.6 is 0 Å². The lowest BCUT2D eigenvalue weighted by molar-refractivity contribution is -0.384. The molecule has 0 fully saturated rings. The molecule has 112 valence electrons. The number of sulfonamides is 1. The molecule has 1 aromatic carbocycles. The molecule has 0 radical (unpaired) electrons. The molecule has 0 aromatic heterocycles. The Morgan fingerprint density at radius 1 is 1.30 bits per heavy atom. The van der Waals surface area contributed by atoms with Crippen molar-refractivity contribution in [3.63, 3.8) is 0 Å². The van der Waals surface area contributed by atoms with Gasteiger partial charge in [0.2, 0.25) is 10.0 Å². The number of benzene rings is 1. The maximum atomic E-state index is 12.0. The van der Waals surface area contributed by atoms with Gasteiger partial charge in [0, 0.05) is 18.7 Å². The van der Waals surface area contributed by atoms with Crippen molar-refractivity contribution in [3.05, 3.63) is 39.9 Å². The van der Waals surface area contributed by atoms with Gasteiger partial charge in [-0.3, -0.25) is 10.1 Å². The number of nitrogens with one attached hydrogen (secondary N) is 1. The van der Waals surface area contributed by atoms with Crippen LogP contribution in [0.15, 0.2) is 24.3 Å². The van der Waals surface area contributed by atoms with Gasteiger partial charge in [0.05, 0.1) is 10.7 Å². The molecular weight excluding hydrogens is 298 g/mol. The maximum absolute atomic E-state index is 12.0. The predicted molar refractivity (Wildman–Crippen MR) is 65.7 cm³/mol. The second-order valence-electron chi connectivity index (χ2n) is 3.93. The highest BCUT2D eigenvalue weighted by Crippen LogP contribution is 2.13. The molecular formula is C10H12F2N2O5S. The monoisotopic (exact) mass is 310 g/mol. The summed E-state index contributed by atoms with van der Waals surface area (Å²) < 4.78 is 48.9. The Kier molecular flexibility index (Phi) is 5.48. The summed E-state index contributed by atoms with van der Waals surface area (Å²) in [6.07, 6.45) is -5.13. The average Bonchev–Trinajstić information content (AvgIpc) is 2.36. The van der Waals surface area contributed by atoms with Gasteiger partial charge < -0.3 is 5.11 Å². The molecule has 0 amide bonds. The van der Waals surface area contributed by atoms with E-state index in [2.05, 4.69) is 0 Å². The first-order valence-corrected chi connectivity index (χ1v) is 7.03. The number of rotatable bonds is 7. The molecule has 0 aliphatic rings. The van der Waals surface area contributed by atoms with Crippen LogP contribution in [0, 0.1) is 10.1 Å². The van der Waals surface area contributed by atoms with E-state index in [0.29, 0.717) is 0 Å². The second-order valence-corrected chi connectivity index (χ2v) is 5.74. The van der Waals surface area contributed by atoms with Gasteiger partial charge in [-0.15, -0.1) is 0 Å². The second kappa shape index (κ2) is 6.68. The van der Waals surface area contributed by atoms with Gasteiger partial charge in [0.15, 0.2) is 0 Å². The zero-order valence-corrected chi connectivity index (χ0v) is 10.9. The van der Waals surface area contributed by atoms with E-state index in [1.165, 1.54) is 12.1 Å². The number of nitrogens with zero attached hydrogens (tertiary/aromatic N) is 1. The Balaban J connectivity index is 2.64. The largest absolute Gasteiger partial charge is 0.386 e. The van der Waals surface area contributed by atoms with Crippen LogP contribution in [0.3, 0.4) is 0 Å². The molecule has 0 saturated carbocycles. The molecule has 0 aliphatic heterocycles. The number of halogens is 2. The number of aliphatic hydroxyl groups excluding tert-OH is 1. The minimum Gasteiger partial charge on any atom is -0.386 e. The van der Waals surface area contributed by atoms with Gasteiger partial charge in [0.25, 0.3) is 12.1 Å². The molecule has 2 N–H and O–H groups in total. The fraction of sp³-hybridized carbons (Fsp3) is 0.400. The molecule has 0 saturated heterocycles. The minimum atomic E-state index is -3.91. The first kappa shape index (κ1) is 16.4. The standard InChI is InChI=1S/C10H12F2N2O5S/c11-10(12)9(15)5-13-20(18,19)6-7-1-3-8(4-2-7)14(16)17/h1-4,9-10,13,15H,5-6H2. The first-order chi connectivity index (χ1) is 9.21. The number of hydrogen-bond acceptors (Lipinski definition) is 5. The van der Waals surface area contributed by atoms with Crippen LogP contribution in [0.4, 0.5) is 14.5 Å². The zero-order valence-electron chi connectivity index (χ0n) is 10.1. The number of hydrogen-bond donors (Lipinski definition) is 2. The van der Waals surface area contributed by atoms with E-state index in [1.54, 1.807) is 0 Å². The number of alkyl halides is 2. The van der Waals surface area contributed by atoms with Crippen molar-refractivity contribution in [1.82, 2.24) is 4.72 Å². The summed E-state index contributed by atoms with van der Waals surface area (Å²) in [4.78, 5) is 9.79. The smallest absolute Gasteiger partial charge is 0.269 e. The Bertz CT molecular complexity index is 562. The van der Waals surface area contributed by atoms with Crippen LogP contribution in [-0.2, 0) is 15.8 Å². The number of non-ortho nitro benzene ring substituents is 1. The van der Waals surface area contributed by atoms with E-state index in [1.807, 2.05) is 4.72 Å². The van der Waals surface area contributed by atoms with Crippen LogP contribution in [0.5, 0.6) is 0 Å². The van der Waals surface area contributed by atoms with E-state index in [4.69, 9.17) is 5.11 Å². The predicted octanol–water partition coefficient (Wildman–Crippen LogP) is 0.640. The summed E-state index contributed by atoms with van der Waals surface area (Å²) in [6.45, 7) is -0.799. The maximum Gasteiger partial charge on any atom is 0.269 e. The fourth-order valence-electron chi connectivity index (χ4n) is 1.29. The van der Waals surface area contributed by atoms with Crippen molar-refractivity contribution in [2.75, 3.05) is 6.54 Å². The lowest BCUT2D eigenvalue weighted by Gasteiger charge is -2.11. The molecule has 0 aliphatic carbocycles. The van der Waals surface area contributed by atoms with E-state index < -0.39 is 39.8 Å². The first-order valence-electron chi connectivity index (χ1n) is 5.38. The van der Waals surface area contributed by atoms with Crippen molar-refractivity contribution in [2.24, 2.45) is 0 Å². The molecule has 1 atom stereocenters. The average molecular weight is 310 g/mol. The molecule has 1 unspecified atom stereocenters. The van der Waals surface area contributed by atoms with Crippen molar-refractivity contribution in [3.8, 4) is 0 Å². The van der Waals surface area contributed by atoms with E-state index in [-0.39, 0.29) is 11.3 Å². The van der Waals surface area contributed by atoms with Crippen molar-refractivity contribution < 1.29 is 27.2 Å². The van der Waals surface area contributed by atoms with E-state index in [0.717, 1.165) is 12.1 Å². The van der Waals surface area contributed by atoms with Crippen LogP contribution in [0.2, 0.25) is 0 Å². The van der Waals surface area contributed by atoms with Gasteiger partial charge in [0.1, 0.15) is 6.10 Å². The summed E-state index contributed by atoms with van der Waals surface area (Å²) >= 11 is 0. The lowest BCUT2D eigenvalue weighted by Crippen LogP contribution is -2.36.